The van der Waals surface area contributed by atoms with E-state index in [1.807, 2.05) is 13.0 Å². The molecule has 0 aliphatic carbocycles. The number of anilines is 1. The summed E-state index contributed by atoms with van der Waals surface area (Å²) in [4.78, 5) is 24.0. The van der Waals surface area contributed by atoms with Crippen molar-refractivity contribution in [1.29, 1.82) is 0 Å². The number of carbonyl (C=O) groups is 2. The van der Waals surface area contributed by atoms with Gasteiger partial charge >= 0.3 is 5.97 Å². The highest BCUT2D eigenvalue weighted by molar-refractivity contribution is 8.00. The summed E-state index contributed by atoms with van der Waals surface area (Å²) in [6, 6.07) is 5.21. The Morgan fingerprint density at radius 2 is 2.29 bits per heavy atom. The van der Waals surface area contributed by atoms with Crippen LogP contribution in [0.15, 0.2) is 23.1 Å². The standard InChI is InChI=1S/C12H13NO3S/c1-3-16-12(15)8-4-5-10-9(6-8)13-11(14)7(2)17-10/h4-7H,3H2,1-2H3,(H,13,14)/t7-/m0/s1. The van der Waals surface area contributed by atoms with E-state index in [1.165, 1.54) is 11.8 Å². The summed E-state index contributed by atoms with van der Waals surface area (Å²) in [5.74, 6) is -0.406. The number of nitrogens with one attached hydrogen (secondary N) is 1. The second-order valence-electron chi connectivity index (χ2n) is 3.68. The maximum atomic E-state index is 11.5. The zero-order valence-electron chi connectivity index (χ0n) is 9.65. The van der Waals surface area contributed by atoms with Gasteiger partial charge in [0.15, 0.2) is 0 Å². The van der Waals surface area contributed by atoms with Crippen LogP contribution in [-0.2, 0) is 9.53 Å². The topological polar surface area (TPSA) is 55.4 Å². The van der Waals surface area contributed by atoms with Crippen LogP contribution in [0, 0.1) is 0 Å². The second-order valence-corrected chi connectivity index (χ2v) is 5.06. The summed E-state index contributed by atoms with van der Waals surface area (Å²) < 4.78 is 4.91. The normalized spacial score (nSPS) is 18.2. The third kappa shape index (κ3) is 2.44. The Morgan fingerprint density at radius 1 is 1.53 bits per heavy atom. The van der Waals surface area contributed by atoms with E-state index in [1.54, 1.807) is 19.1 Å². The van der Waals surface area contributed by atoms with Crippen molar-refractivity contribution in [2.45, 2.75) is 24.0 Å². The van der Waals surface area contributed by atoms with Crippen LogP contribution in [0.25, 0.3) is 0 Å². The van der Waals surface area contributed by atoms with Crippen molar-refractivity contribution in [3.05, 3.63) is 23.8 Å². The molecule has 0 fully saturated rings. The molecule has 1 aliphatic heterocycles. The van der Waals surface area contributed by atoms with Crippen molar-refractivity contribution < 1.29 is 14.3 Å². The van der Waals surface area contributed by atoms with Crippen LogP contribution >= 0.6 is 11.8 Å². The maximum Gasteiger partial charge on any atom is 0.338 e. The lowest BCUT2D eigenvalue weighted by molar-refractivity contribution is -0.115. The number of hydrogen-bond donors (Lipinski definition) is 1. The van der Waals surface area contributed by atoms with Gasteiger partial charge in [-0.25, -0.2) is 4.79 Å². The van der Waals surface area contributed by atoms with E-state index < -0.39 is 0 Å². The summed E-state index contributed by atoms with van der Waals surface area (Å²) in [6.45, 7) is 3.95. The van der Waals surface area contributed by atoms with E-state index in [9.17, 15) is 9.59 Å². The molecule has 1 N–H and O–H groups in total. The predicted molar refractivity (Wildman–Crippen MR) is 66.3 cm³/mol. The number of fused-ring (bicyclic) bond motifs is 1. The molecule has 0 bridgehead atoms. The molecule has 1 atom stereocenters. The van der Waals surface area contributed by atoms with Gasteiger partial charge in [-0.1, -0.05) is 0 Å². The average Bonchev–Trinajstić information content (AvgIpc) is 2.30. The zero-order chi connectivity index (χ0) is 12.4. The molecule has 0 aromatic heterocycles. The summed E-state index contributed by atoms with van der Waals surface area (Å²) in [5.41, 5.74) is 1.14. The van der Waals surface area contributed by atoms with Crippen molar-refractivity contribution in [2.75, 3.05) is 11.9 Å². The Kier molecular flexibility index (Phi) is 3.38. The number of rotatable bonds is 2. The summed E-state index contributed by atoms with van der Waals surface area (Å²) in [6.07, 6.45) is 0. The fraction of sp³-hybridized carbons (Fsp3) is 0.333. The van der Waals surface area contributed by atoms with E-state index in [2.05, 4.69) is 5.32 Å². The van der Waals surface area contributed by atoms with Gasteiger partial charge in [-0.3, -0.25) is 4.79 Å². The third-order valence-electron chi connectivity index (χ3n) is 2.42. The number of hydrogen-bond acceptors (Lipinski definition) is 4. The number of thioether (sulfide) groups is 1. The van der Waals surface area contributed by atoms with Gasteiger partial charge in [0.25, 0.3) is 0 Å². The Hall–Kier alpha value is -1.49. The first-order valence-electron chi connectivity index (χ1n) is 5.40. The molecule has 17 heavy (non-hydrogen) atoms. The molecule has 0 radical (unpaired) electrons. The van der Waals surface area contributed by atoms with Crippen molar-refractivity contribution in [1.82, 2.24) is 0 Å². The average molecular weight is 251 g/mol. The Balaban J connectivity index is 2.28. The molecule has 0 saturated carbocycles. The number of esters is 1. The SMILES string of the molecule is CCOC(=O)c1ccc2c(c1)NC(=O)[C@H](C)S2. The van der Waals surface area contributed by atoms with Gasteiger partial charge in [0.2, 0.25) is 5.91 Å². The van der Waals surface area contributed by atoms with Crippen molar-refractivity contribution in [2.24, 2.45) is 0 Å². The summed E-state index contributed by atoms with van der Waals surface area (Å²) in [5, 5.41) is 2.68. The lowest BCUT2D eigenvalue weighted by Crippen LogP contribution is -2.26. The molecule has 0 saturated heterocycles. The van der Waals surface area contributed by atoms with E-state index in [0.29, 0.717) is 17.9 Å². The molecule has 1 aromatic carbocycles. The first-order valence-corrected chi connectivity index (χ1v) is 6.28. The number of amides is 1. The van der Waals surface area contributed by atoms with Crippen molar-refractivity contribution in [3.8, 4) is 0 Å². The molecular formula is C12H13NO3S. The maximum absolute atomic E-state index is 11.5. The van der Waals surface area contributed by atoms with Crippen LogP contribution in [0.5, 0.6) is 0 Å². The quantitative estimate of drug-likeness (QED) is 0.819. The van der Waals surface area contributed by atoms with Crippen LogP contribution in [0.3, 0.4) is 0 Å². The van der Waals surface area contributed by atoms with Gasteiger partial charge < -0.3 is 10.1 Å². The van der Waals surface area contributed by atoms with Crippen LogP contribution in [-0.4, -0.2) is 23.7 Å². The van der Waals surface area contributed by atoms with E-state index in [4.69, 9.17) is 4.74 Å². The third-order valence-corrected chi connectivity index (χ3v) is 3.60. The first-order chi connectivity index (χ1) is 8.11. The molecule has 4 nitrogen and oxygen atoms in total. The highest BCUT2D eigenvalue weighted by Gasteiger charge is 2.23. The van der Waals surface area contributed by atoms with Gasteiger partial charge in [-0.05, 0) is 32.0 Å². The highest BCUT2D eigenvalue weighted by atomic mass is 32.2. The summed E-state index contributed by atoms with van der Waals surface area (Å²) >= 11 is 1.49. The lowest BCUT2D eigenvalue weighted by atomic mass is 10.2. The smallest absolute Gasteiger partial charge is 0.338 e. The van der Waals surface area contributed by atoms with E-state index >= 15 is 0 Å². The van der Waals surface area contributed by atoms with Crippen LogP contribution in [0.4, 0.5) is 5.69 Å². The lowest BCUT2D eigenvalue weighted by Gasteiger charge is -2.21. The highest BCUT2D eigenvalue weighted by Crippen LogP contribution is 2.35. The van der Waals surface area contributed by atoms with Crippen LogP contribution < -0.4 is 5.32 Å². The second kappa shape index (κ2) is 4.79. The van der Waals surface area contributed by atoms with Gasteiger partial charge in [-0.2, -0.15) is 0 Å². The molecule has 1 aromatic rings. The van der Waals surface area contributed by atoms with Gasteiger partial charge in [0.1, 0.15) is 0 Å². The summed E-state index contributed by atoms with van der Waals surface area (Å²) in [7, 11) is 0. The predicted octanol–water partition coefficient (Wildman–Crippen LogP) is 2.30. The fourth-order valence-electron chi connectivity index (χ4n) is 1.55. The monoisotopic (exact) mass is 251 g/mol. The number of carbonyl (C=O) groups excluding carboxylic acids is 2. The molecular weight excluding hydrogens is 238 g/mol. The number of benzene rings is 1. The minimum atomic E-state index is -0.367. The Bertz CT molecular complexity index is 473. The molecule has 90 valence electrons. The van der Waals surface area contributed by atoms with Gasteiger partial charge in [0, 0.05) is 4.90 Å². The van der Waals surface area contributed by atoms with Gasteiger partial charge in [0.05, 0.1) is 23.1 Å². The first kappa shape index (κ1) is 12.0. The Labute approximate surface area is 104 Å². The molecule has 5 heteroatoms. The minimum Gasteiger partial charge on any atom is -0.462 e. The van der Waals surface area contributed by atoms with Gasteiger partial charge in [-0.15, -0.1) is 11.8 Å². The number of ether oxygens (including phenoxy) is 1. The minimum absolute atomic E-state index is 0.0384. The van der Waals surface area contributed by atoms with Crippen LogP contribution in [0.2, 0.25) is 0 Å². The molecule has 2 rings (SSSR count). The fourth-order valence-corrected chi connectivity index (χ4v) is 2.48. The van der Waals surface area contributed by atoms with E-state index in [-0.39, 0.29) is 17.1 Å². The molecule has 0 unspecified atom stereocenters. The van der Waals surface area contributed by atoms with Crippen molar-refractivity contribution in [3.63, 3.8) is 0 Å². The molecule has 1 aliphatic rings. The van der Waals surface area contributed by atoms with Crippen LogP contribution in [0.1, 0.15) is 24.2 Å². The Morgan fingerprint density at radius 3 is 3.00 bits per heavy atom. The largest absolute Gasteiger partial charge is 0.462 e. The molecule has 1 heterocycles. The van der Waals surface area contributed by atoms with Crippen molar-refractivity contribution >= 4 is 29.3 Å². The zero-order valence-corrected chi connectivity index (χ0v) is 10.5. The molecule has 1 amide bonds. The molecule has 0 spiro atoms. The van der Waals surface area contributed by atoms with E-state index in [0.717, 1.165) is 4.90 Å².